The smallest absolute Gasteiger partial charge is 0.266 e. The minimum absolute atomic E-state index is 0.104. The zero-order chi connectivity index (χ0) is 21.0. The molecule has 0 atom stereocenters. The van der Waals surface area contributed by atoms with Crippen LogP contribution in [0, 0.1) is 0 Å². The van der Waals surface area contributed by atoms with Crippen LogP contribution in [0.3, 0.4) is 0 Å². The van der Waals surface area contributed by atoms with Crippen molar-refractivity contribution in [2.24, 2.45) is 10.7 Å². The molecular formula is C21H22N4O3S. The number of amides is 2. The number of primary amides is 1. The molecule has 1 aliphatic rings. The number of hydrogen-bond donors (Lipinski definition) is 1. The van der Waals surface area contributed by atoms with Crippen LogP contribution in [0.25, 0.3) is 6.08 Å². The number of benzene rings is 2. The number of rotatable bonds is 6. The molecule has 2 N–H and O–H groups in total. The van der Waals surface area contributed by atoms with Crippen molar-refractivity contribution in [3.63, 3.8) is 0 Å². The molecular weight excluding hydrogens is 388 g/mol. The molecule has 0 bridgehead atoms. The molecule has 8 heteroatoms. The fraction of sp³-hybridized carbons (Fsp3) is 0.190. The van der Waals surface area contributed by atoms with Crippen LogP contribution in [0.15, 0.2) is 58.4 Å². The van der Waals surface area contributed by atoms with Gasteiger partial charge in [0.2, 0.25) is 0 Å². The first-order valence-corrected chi connectivity index (χ1v) is 9.70. The van der Waals surface area contributed by atoms with Gasteiger partial charge in [0.1, 0.15) is 5.75 Å². The maximum absolute atomic E-state index is 12.6. The third-order valence-corrected chi connectivity index (χ3v) is 5.21. The number of ether oxygens (including phenoxy) is 1. The Morgan fingerprint density at radius 2 is 1.83 bits per heavy atom. The summed E-state index contributed by atoms with van der Waals surface area (Å²) in [5, 5.41) is 0.625. The molecule has 29 heavy (non-hydrogen) atoms. The normalized spacial score (nSPS) is 16.5. The Bertz CT molecular complexity index is 966. The van der Waals surface area contributed by atoms with Gasteiger partial charge in [0.05, 0.1) is 10.6 Å². The van der Waals surface area contributed by atoms with Crippen molar-refractivity contribution < 1.29 is 14.3 Å². The van der Waals surface area contributed by atoms with Gasteiger partial charge in [0, 0.05) is 26.8 Å². The lowest BCUT2D eigenvalue weighted by molar-refractivity contribution is -0.121. The van der Waals surface area contributed by atoms with E-state index in [9.17, 15) is 9.59 Å². The van der Waals surface area contributed by atoms with E-state index in [-0.39, 0.29) is 12.5 Å². The summed E-state index contributed by atoms with van der Waals surface area (Å²) in [6.07, 6.45) is 1.80. The van der Waals surface area contributed by atoms with E-state index >= 15 is 0 Å². The number of aliphatic imine (C=N–C) groups is 1. The second-order valence-corrected chi connectivity index (χ2v) is 7.61. The molecule has 1 heterocycles. The van der Waals surface area contributed by atoms with Gasteiger partial charge in [-0.25, -0.2) is 4.99 Å². The van der Waals surface area contributed by atoms with Crippen LogP contribution in [0.5, 0.6) is 5.75 Å². The van der Waals surface area contributed by atoms with Crippen LogP contribution in [-0.4, -0.2) is 49.6 Å². The van der Waals surface area contributed by atoms with Gasteiger partial charge in [-0.05, 0) is 59.8 Å². The predicted molar refractivity (Wildman–Crippen MR) is 117 cm³/mol. The number of carbonyl (C=O) groups is 2. The molecule has 150 valence electrons. The summed E-state index contributed by atoms with van der Waals surface area (Å²) in [6, 6.07) is 14.9. The number of likely N-dealkylation sites (N-methyl/N-ethyl adjacent to an activating group) is 1. The molecule has 1 saturated heterocycles. The first-order chi connectivity index (χ1) is 13.8. The van der Waals surface area contributed by atoms with Crippen molar-refractivity contribution in [2.75, 3.05) is 32.6 Å². The molecule has 0 unspecified atom stereocenters. The Labute approximate surface area is 173 Å². The van der Waals surface area contributed by atoms with Gasteiger partial charge in [-0.1, -0.05) is 12.1 Å². The molecule has 0 aliphatic carbocycles. The van der Waals surface area contributed by atoms with E-state index in [2.05, 4.69) is 4.99 Å². The Balaban J connectivity index is 1.74. The van der Waals surface area contributed by atoms with Gasteiger partial charge in [-0.15, -0.1) is 0 Å². The van der Waals surface area contributed by atoms with E-state index in [1.807, 2.05) is 55.4 Å². The highest BCUT2D eigenvalue weighted by molar-refractivity contribution is 8.18. The average molecular weight is 410 g/mol. The highest BCUT2D eigenvalue weighted by Crippen LogP contribution is 2.33. The maximum Gasteiger partial charge on any atom is 0.266 e. The number of anilines is 1. The summed E-state index contributed by atoms with van der Waals surface area (Å²) in [7, 11) is 5.67. The molecule has 0 aromatic heterocycles. The molecule has 7 nitrogen and oxygen atoms in total. The topological polar surface area (TPSA) is 88.2 Å². The van der Waals surface area contributed by atoms with Crippen LogP contribution in [0.2, 0.25) is 0 Å². The summed E-state index contributed by atoms with van der Waals surface area (Å²) >= 11 is 1.33. The minimum Gasteiger partial charge on any atom is -0.484 e. The maximum atomic E-state index is 12.6. The van der Waals surface area contributed by atoms with E-state index in [1.165, 1.54) is 11.8 Å². The van der Waals surface area contributed by atoms with E-state index in [1.54, 1.807) is 30.2 Å². The molecule has 1 aliphatic heterocycles. The standard InChI is InChI=1S/C21H22N4O3S/c1-24(2)16-8-6-15(7-9-16)23-21-25(3)20(27)18(29-21)12-14-4-10-17(11-5-14)28-13-19(22)26/h4-12H,13H2,1-3H3,(H2,22,26)/b18-12-,23-21?. The molecule has 0 saturated carbocycles. The molecule has 2 amide bonds. The summed E-state index contributed by atoms with van der Waals surface area (Å²) in [5.41, 5.74) is 7.78. The first kappa shape index (κ1) is 20.5. The predicted octanol–water partition coefficient (Wildman–Crippen LogP) is 2.85. The van der Waals surface area contributed by atoms with Crippen molar-refractivity contribution >= 4 is 46.2 Å². The largest absolute Gasteiger partial charge is 0.484 e. The average Bonchev–Trinajstić information content (AvgIpc) is 2.95. The molecule has 0 spiro atoms. The highest BCUT2D eigenvalue weighted by atomic mass is 32.2. The molecule has 2 aromatic rings. The number of nitrogens with zero attached hydrogens (tertiary/aromatic N) is 3. The van der Waals surface area contributed by atoms with E-state index in [0.29, 0.717) is 15.8 Å². The van der Waals surface area contributed by atoms with Gasteiger partial charge >= 0.3 is 0 Å². The van der Waals surface area contributed by atoms with Crippen LogP contribution in [0.4, 0.5) is 11.4 Å². The number of thioether (sulfide) groups is 1. The fourth-order valence-corrected chi connectivity index (χ4v) is 3.54. The monoisotopic (exact) mass is 410 g/mol. The van der Waals surface area contributed by atoms with Crippen molar-refractivity contribution in [2.45, 2.75) is 0 Å². The van der Waals surface area contributed by atoms with Crippen molar-refractivity contribution in [3.8, 4) is 5.75 Å². The van der Waals surface area contributed by atoms with Crippen LogP contribution in [-0.2, 0) is 9.59 Å². The molecule has 3 rings (SSSR count). The minimum atomic E-state index is -0.532. The van der Waals surface area contributed by atoms with Gasteiger partial charge in [0.15, 0.2) is 11.8 Å². The lowest BCUT2D eigenvalue weighted by Crippen LogP contribution is -2.23. The van der Waals surface area contributed by atoms with Crippen molar-refractivity contribution in [1.29, 1.82) is 0 Å². The molecule has 1 fully saturated rings. The number of carbonyl (C=O) groups excluding carboxylic acids is 2. The first-order valence-electron chi connectivity index (χ1n) is 8.88. The zero-order valence-electron chi connectivity index (χ0n) is 16.5. The third-order valence-electron chi connectivity index (χ3n) is 4.15. The summed E-state index contributed by atoms with van der Waals surface area (Å²) in [5.74, 6) is -0.0973. The number of nitrogens with two attached hydrogens (primary N) is 1. The highest BCUT2D eigenvalue weighted by Gasteiger charge is 2.30. The van der Waals surface area contributed by atoms with Crippen LogP contribution >= 0.6 is 11.8 Å². The Kier molecular flexibility index (Phi) is 6.23. The third kappa shape index (κ3) is 5.17. The van der Waals surface area contributed by atoms with E-state index in [4.69, 9.17) is 10.5 Å². The van der Waals surface area contributed by atoms with Crippen molar-refractivity contribution in [3.05, 3.63) is 59.0 Å². The van der Waals surface area contributed by atoms with Gasteiger partial charge < -0.3 is 15.4 Å². The summed E-state index contributed by atoms with van der Waals surface area (Å²) in [6.45, 7) is -0.172. The van der Waals surface area contributed by atoms with Gasteiger partial charge in [-0.3, -0.25) is 14.5 Å². The van der Waals surface area contributed by atoms with Crippen molar-refractivity contribution in [1.82, 2.24) is 4.90 Å². The second kappa shape index (κ2) is 8.83. The van der Waals surface area contributed by atoms with Gasteiger partial charge in [-0.2, -0.15) is 0 Å². The quantitative estimate of drug-likeness (QED) is 0.740. The van der Waals surface area contributed by atoms with Gasteiger partial charge in [0.25, 0.3) is 11.8 Å². The van der Waals surface area contributed by atoms with E-state index in [0.717, 1.165) is 16.9 Å². The number of amidine groups is 1. The summed E-state index contributed by atoms with van der Waals surface area (Å²) < 4.78 is 5.24. The van der Waals surface area contributed by atoms with Crippen LogP contribution in [0.1, 0.15) is 5.56 Å². The SMILES string of the molecule is CN1C(=O)/C(=C/c2ccc(OCC(N)=O)cc2)SC1=Nc1ccc(N(C)C)cc1. The lowest BCUT2D eigenvalue weighted by Gasteiger charge is -2.12. The Hall–Kier alpha value is -3.26. The van der Waals surface area contributed by atoms with E-state index < -0.39 is 5.91 Å². The second-order valence-electron chi connectivity index (χ2n) is 6.60. The van der Waals surface area contributed by atoms with Crippen LogP contribution < -0.4 is 15.4 Å². The zero-order valence-corrected chi connectivity index (χ0v) is 17.3. The molecule has 2 aromatic carbocycles. The fourth-order valence-electron chi connectivity index (χ4n) is 2.55. The lowest BCUT2D eigenvalue weighted by atomic mass is 10.2. The molecule has 0 radical (unpaired) electrons. The Morgan fingerprint density at radius 1 is 1.17 bits per heavy atom. The number of hydrogen-bond acceptors (Lipinski definition) is 6. The Morgan fingerprint density at radius 3 is 2.41 bits per heavy atom. The summed E-state index contributed by atoms with van der Waals surface area (Å²) in [4.78, 5) is 32.1.